The average molecular weight is 214 g/mol. The van der Waals surface area contributed by atoms with Crippen LogP contribution in [0.4, 0.5) is 10.2 Å². The van der Waals surface area contributed by atoms with Crippen LogP contribution in [0.5, 0.6) is 5.75 Å². The van der Waals surface area contributed by atoms with Gasteiger partial charge in [-0.15, -0.1) is 0 Å². The first kappa shape index (κ1) is 13.7. The van der Waals surface area contributed by atoms with Crippen molar-refractivity contribution in [3.05, 3.63) is 18.1 Å². The molecule has 1 unspecified atom stereocenters. The van der Waals surface area contributed by atoms with Crippen molar-refractivity contribution in [1.29, 1.82) is 0 Å². The minimum Gasteiger partial charge on any atom is -0.487 e. The lowest BCUT2D eigenvalue weighted by Gasteiger charge is -2.13. The van der Waals surface area contributed by atoms with Crippen LogP contribution in [0.25, 0.3) is 0 Å². The Morgan fingerprint density at radius 1 is 1.53 bits per heavy atom. The smallest absolute Gasteiger partial charge is 0.206 e. The van der Waals surface area contributed by atoms with Crippen molar-refractivity contribution in [2.24, 2.45) is 0 Å². The van der Waals surface area contributed by atoms with E-state index < -0.39 is 5.82 Å². The minimum atomic E-state index is -0.581. The van der Waals surface area contributed by atoms with Gasteiger partial charge in [0, 0.05) is 12.3 Å². The number of halogens is 1. The summed E-state index contributed by atoms with van der Waals surface area (Å²) in [5.74, 6) is -0.537. The lowest BCUT2D eigenvalue weighted by molar-refractivity contribution is 0.208. The highest BCUT2D eigenvalue weighted by Gasteiger charge is 2.09. The minimum absolute atomic E-state index is 0.0173. The van der Waals surface area contributed by atoms with E-state index in [0.717, 1.165) is 6.42 Å². The highest BCUT2D eigenvalue weighted by molar-refractivity contribution is 5.38. The van der Waals surface area contributed by atoms with E-state index in [1.165, 1.54) is 12.3 Å². The van der Waals surface area contributed by atoms with Crippen molar-refractivity contribution in [2.75, 3.05) is 5.73 Å². The van der Waals surface area contributed by atoms with Crippen LogP contribution in [-0.4, -0.2) is 11.1 Å². The molecule has 0 saturated carbocycles. The Morgan fingerprint density at radius 3 is 2.67 bits per heavy atom. The van der Waals surface area contributed by atoms with Crippen molar-refractivity contribution < 1.29 is 9.13 Å². The second kappa shape index (κ2) is 7.04. The quantitative estimate of drug-likeness (QED) is 0.841. The second-order valence-corrected chi connectivity index (χ2v) is 2.85. The maximum absolute atomic E-state index is 13.2. The molecule has 15 heavy (non-hydrogen) atoms. The highest BCUT2D eigenvalue weighted by Crippen LogP contribution is 2.21. The number of nitrogens with zero attached hydrogens (tertiary/aromatic N) is 1. The molecule has 0 spiro atoms. The number of nitrogen functional groups attached to an aromatic ring is 1. The molecule has 0 aromatic carbocycles. The van der Waals surface area contributed by atoms with Crippen LogP contribution in [0, 0.1) is 5.82 Å². The fourth-order valence-electron chi connectivity index (χ4n) is 0.832. The molecule has 0 aliphatic carbocycles. The standard InChI is InChI=1S/C9H13FN2O.C2H6/c1-3-6(2)13-7-4-5-12-9(11)8(7)10;1-2/h4-6H,3H2,1-2H3,(H2,11,12);1-2H3. The Labute approximate surface area is 90.5 Å². The number of anilines is 1. The SMILES string of the molecule is CC.CCC(C)Oc1ccnc(N)c1F. The molecule has 0 aliphatic rings. The Morgan fingerprint density at radius 2 is 2.13 bits per heavy atom. The van der Waals surface area contributed by atoms with Gasteiger partial charge < -0.3 is 10.5 Å². The summed E-state index contributed by atoms with van der Waals surface area (Å²) in [5, 5.41) is 0. The Hall–Kier alpha value is -1.32. The average Bonchev–Trinajstić information content (AvgIpc) is 2.27. The lowest BCUT2D eigenvalue weighted by atomic mass is 10.3. The summed E-state index contributed by atoms with van der Waals surface area (Å²) in [7, 11) is 0. The van der Waals surface area contributed by atoms with E-state index in [4.69, 9.17) is 10.5 Å². The third-order valence-corrected chi connectivity index (χ3v) is 1.78. The summed E-state index contributed by atoms with van der Waals surface area (Å²) >= 11 is 0. The van der Waals surface area contributed by atoms with Crippen molar-refractivity contribution >= 4 is 5.82 Å². The summed E-state index contributed by atoms with van der Waals surface area (Å²) in [6, 6.07) is 1.47. The third-order valence-electron chi connectivity index (χ3n) is 1.78. The maximum atomic E-state index is 13.2. The molecule has 2 N–H and O–H groups in total. The first-order chi connectivity index (χ1) is 7.15. The van der Waals surface area contributed by atoms with Crippen molar-refractivity contribution in [3.8, 4) is 5.75 Å². The number of hydrogen-bond acceptors (Lipinski definition) is 3. The summed E-state index contributed by atoms with van der Waals surface area (Å²) in [5.41, 5.74) is 5.27. The molecule has 0 saturated heterocycles. The van der Waals surface area contributed by atoms with Gasteiger partial charge in [0.05, 0.1) is 6.10 Å². The van der Waals surface area contributed by atoms with Gasteiger partial charge in [-0.05, 0) is 13.3 Å². The number of hydrogen-bond donors (Lipinski definition) is 1. The van der Waals surface area contributed by atoms with Gasteiger partial charge in [0.15, 0.2) is 11.6 Å². The molecule has 1 rings (SSSR count). The molecule has 0 bridgehead atoms. The first-order valence-electron chi connectivity index (χ1n) is 5.21. The summed E-state index contributed by atoms with van der Waals surface area (Å²) < 4.78 is 18.5. The predicted molar refractivity (Wildman–Crippen MR) is 60.3 cm³/mol. The number of nitrogens with two attached hydrogens (primary N) is 1. The number of aromatic nitrogens is 1. The van der Waals surface area contributed by atoms with Crippen LogP contribution in [-0.2, 0) is 0 Å². The molecule has 3 nitrogen and oxygen atoms in total. The second-order valence-electron chi connectivity index (χ2n) is 2.85. The van der Waals surface area contributed by atoms with Gasteiger partial charge in [-0.2, -0.15) is 4.39 Å². The normalized spacial score (nSPS) is 11.3. The van der Waals surface area contributed by atoms with Gasteiger partial charge in [-0.1, -0.05) is 20.8 Å². The van der Waals surface area contributed by atoms with Crippen LogP contribution in [0.3, 0.4) is 0 Å². The number of ether oxygens (including phenoxy) is 1. The fraction of sp³-hybridized carbons (Fsp3) is 0.545. The number of pyridine rings is 1. The van der Waals surface area contributed by atoms with E-state index in [0.29, 0.717) is 0 Å². The van der Waals surface area contributed by atoms with E-state index >= 15 is 0 Å². The molecule has 1 aromatic rings. The zero-order valence-electron chi connectivity index (χ0n) is 9.75. The van der Waals surface area contributed by atoms with Crippen LogP contribution >= 0.6 is 0 Å². The lowest BCUT2D eigenvalue weighted by Crippen LogP contribution is -2.11. The molecule has 1 heterocycles. The molecular weight excluding hydrogens is 195 g/mol. The van der Waals surface area contributed by atoms with Crippen LogP contribution in [0.1, 0.15) is 34.1 Å². The number of rotatable bonds is 3. The molecule has 0 aliphatic heterocycles. The molecule has 1 aromatic heterocycles. The van der Waals surface area contributed by atoms with Gasteiger partial charge in [-0.25, -0.2) is 4.98 Å². The van der Waals surface area contributed by atoms with Crippen LogP contribution < -0.4 is 10.5 Å². The molecule has 86 valence electrons. The van der Waals surface area contributed by atoms with Gasteiger partial charge in [0.25, 0.3) is 0 Å². The fourth-order valence-corrected chi connectivity index (χ4v) is 0.832. The van der Waals surface area contributed by atoms with Gasteiger partial charge in [0.1, 0.15) is 0 Å². The summed E-state index contributed by atoms with van der Waals surface area (Å²) in [6.07, 6.45) is 2.23. The van der Waals surface area contributed by atoms with Gasteiger partial charge in [0.2, 0.25) is 5.82 Å². The zero-order chi connectivity index (χ0) is 11.8. The van der Waals surface area contributed by atoms with Gasteiger partial charge in [-0.3, -0.25) is 0 Å². The molecule has 4 heteroatoms. The van der Waals surface area contributed by atoms with E-state index in [2.05, 4.69) is 4.98 Å². The largest absolute Gasteiger partial charge is 0.487 e. The van der Waals surface area contributed by atoms with Gasteiger partial charge >= 0.3 is 0 Å². The molecule has 0 radical (unpaired) electrons. The predicted octanol–water partition coefficient (Wildman–Crippen LogP) is 3.01. The molecular formula is C11H19FN2O. The van der Waals surface area contributed by atoms with Crippen molar-refractivity contribution in [1.82, 2.24) is 4.98 Å². The third kappa shape index (κ3) is 4.14. The Kier molecular flexibility index (Phi) is 6.42. The molecule has 0 fully saturated rings. The van der Waals surface area contributed by atoms with E-state index in [1.807, 2.05) is 27.7 Å². The van der Waals surface area contributed by atoms with E-state index in [-0.39, 0.29) is 17.7 Å². The monoisotopic (exact) mass is 214 g/mol. The van der Waals surface area contributed by atoms with Crippen molar-refractivity contribution in [3.63, 3.8) is 0 Å². The first-order valence-corrected chi connectivity index (χ1v) is 5.21. The van der Waals surface area contributed by atoms with Crippen LogP contribution in [0.2, 0.25) is 0 Å². The van der Waals surface area contributed by atoms with Crippen molar-refractivity contribution in [2.45, 2.75) is 40.2 Å². The highest BCUT2D eigenvalue weighted by atomic mass is 19.1. The zero-order valence-corrected chi connectivity index (χ0v) is 9.75. The Bertz CT molecular complexity index is 292. The summed E-state index contributed by atoms with van der Waals surface area (Å²) in [4.78, 5) is 3.60. The summed E-state index contributed by atoms with van der Waals surface area (Å²) in [6.45, 7) is 7.84. The Balaban J connectivity index is 0.000000921. The maximum Gasteiger partial charge on any atom is 0.206 e. The van der Waals surface area contributed by atoms with E-state index in [9.17, 15) is 4.39 Å². The van der Waals surface area contributed by atoms with Crippen LogP contribution in [0.15, 0.2) is 12.3 Å². The molecule has 1 atom stereocenters. The topological polar surface area (TPSA) is 48.1 Å². The van der Waals surface area contributed by atoms with E-state index in [1.54, 1.807) is 0 Å². The molecule has 0 amide bonds.